The van der Waals surface area contributed by atoms with Gasteiger partial charge < -0.3 is 20.1 Å². The van der Waals surface area contributed by atoms with Crippen LogP contribution in [0, 0.1) is 22.7 Å². The number of fused-ring (bicyclic) bond motifs is 4. The Kier molecular flexibility index (Phi) is 8.51. The molecule has 10 atom stereocenters. The number of nitrogens with zero attached hydrogens (tertiary/aromatic N) is 2. The van der Waals surface area contributed by atoms with Crippen LogP contribution >= 0.6 is 0 Å². The number of nitrogens with one attached hydrogen (secondary N) is 2. The fourth-order valence-electron chi connectivity index (χ4n) is 16.1. The van der Waals surface area contributed by atoms with Crippen molar-refractivity contribution in [2.24, 2.45) is 22.7 Å². The standard InChI is InChI=1S/2C28H30N2O2/c1-26-10-8-22-15-21-4-7-25(31)30-17-27(21)11-12-28(22,32-27)24(26)6-5-23(26)19-3-2-18-9-13-29-16-20(18)14-19;1-26-9-6-22-15-21-8-13-30-25(31)16-27(21)10-11-28(22,32-27)24(26)5-4-23(26)19-3-2-18-7-12-29-17-20(18)14-19/h2-3,8-9,13-16,23-24H,4-7,10-12,17H2,1H3,(H,30,31);2-3,6-7,12,14-15,17,23-24H,4-5,8-11,13,16H2,1H3,(H,30,31)/t2*23-,24-,26-,27-,28-/m11/s1. The largest absolute Gasteiger partial charge is 0.359 e. The maximum atomic E-state index is 12.5. The summed E-state index contributed by atoms with van der Waals surface area (Å²) < 4.78 is 14.3. The third kappa shape index (κ3) is 5.47. The molecule has 2 aromatic carbocycles. The number of amides is 2. The molecule has 4 bridgehead atoms. The number of aromatic nitrogens is 2. The molecular weight excluding hydrogens is 793 g/mol. The Morgan fingerprint density at radius 1 is 0.594 bits per heavy atom. The van der Waals surface area contributed by atoms with Gasteiger partial charge in [-0.15, -0.1) is 0 Å². The second-order valence-corrected chi connectivity index (χ2v) is 21.9. The lowest BCUT2D eigenvalue weighted by Crippen LogP contribution is -2.54. The zero-order chi connectivity index (χ0) is 43.1. The number of carbonyl (C=O) groups is 2. The van der Waals surface area contributed by atoms with E-state index in [9.17, 15) is 9.59 Å². The molecule has 4 aliphatic carbocycles. The molecule has 4 aromatic rings. The quantitative estimate of drug-likeness (QED) is 0.208. The molecular formula is C56H60N4O4. The van der Waals surface area contributed by atoms with Gasteiger partial charge in [-0.05, 0) is 180 Å². The number of hydrogen-bond donors (Lipinski definition) is 2. The first-order valence-corrected chi connectivity index (χ1v) is 24.5. The zero-order valence-corrected chi connectivity index (χ0v) is 37.4. The zero-order valence-electron chi connectivity index (χ0n) is 37.4. The van der Waals surface area contributed by atoms with Gasteiger partial charge >= 0.3 is 0 Å². The van der Waals surface area contributed by atoms with Crippen molar-refractivity contribution in [2.45, 2.75) is 138 Å². The summed E-state index contributed by atoms with van der Waals surface area (Å²) >= 11 is 0. The van der Waals surface area contributed by atoms with Crippen LogP contribution in [-0.4, -0.2) is 57.3 Å². The molecule has 2 aromatic heterocycles. The fraction of sp³-hybridized carbons (Fsp3) is 0.500. The third-order valence-electron chi connectivity index (χ3n) is 19.2. The summed E-state index contributed by atoms with van der Waals surface area (Å²) in [4.78, 5) is 33.3. The van der Waals surface area contributed by atoms with E-state index in [0.717, 1.165) is 57.9 Å². The maximum Gasteiger partial charge on any atom is 0.223 e. The number of ether oxygens (including phenoxy) is 2. The second-order valence-electron chi connectivity index (χ2n) is 21.9. The Morgan fingerprint density at radius 2 is 1.16 bits per heavy atom. The lowest BCUT2D eigenvalue weighted by atomic mass is 9.58. The van der Waals surface area contributed by atoms with Gasteiger partial charge in [0.2, 0.25) is 11.8 Å². The Bertz CT molecular complexity index is 2790. The van der Waals surface area contributed by atoms with E-state index in [1.807, 2.05) is 24.8 Å². The van der Waals surface area contributed by atoms with E-state index in [1.54, 1.807) is 0 Å². The lowest BCUT2D eigenvalue weighted by Gasteiger charge is -2.53. The number of pyridine rings is 2. The molecule has 0 radical (unpaired) electrons. The molecule has 0 unspecified atom stereocenters. The van der Waals surface area contributed by atoms with Crippen LogP contribution in [0.5, 0.6) is 0 Å². The highest BCUT2D eigenvalue weighted by Gasteiger charge is 2.68. The van der Waals surface area contributed by atoms with E-state index in [2.05, 4.69) is 107 Å². The molecule has 64 heavy (non-hydrogen) atoms. The SMILES string of the molecule is C[C@]12CC=C3C=C4CCC(=O)NC[C@]45CC[C@]3(O5)[C@@H]1CC[C@@H]2c1ccc2ccncc2c1.C[C@]12CC=C3C=C4CCNC(=O)C[C@]45CC[C@]3(O5)[C@@H]1CC[C@@H]2c1ccc2ccncc2c1. The molecule has 2 saturated carbocycles. The van der Waals surface area contributed by atoms with Gasteiger partial charge in [0, 0.05) is 48.5 Å². The van der Waals surface area contributed by atoms with Crippen molar-refractivity contribution in [3.05, 3.63) is 131 Å². The van der Waals surface area contributed by atoms with Gasteiger partial charge in [-0.25, -0.2) is 0 Å². The van der Waals surface area contributed by atoms with Gasteiger partial charge in [-0.3, -0.25) is 19.6 Å². The smallest absolute Gasteiger partial charge is 0.223 e. The Hall–Kier alpha value is -4.92. The molecule has 4 saturated heterocycles. The van der Waals surface area contributed by atoms with E-state index in [4.69, 9.17) is 9.47 Å². The molecule has 4 spiro atoms. The normalized spacial score (nSPS) is 40.0. The Morgan fingerprint density at radius 3 is 1.77 bits per heavy atom. The van der Waals surface area contributed by atoms with Crippen LogP contribution in [0.2, 0.25) is 0 Å². The third-order valence-corrected chi connectivity index (χ3v) is 19.2. The summed E-state index contributed by atoms with van der Waals surface area (Å²) in [5.41, 5.74) is 7.69. The van der Waals surface area contributed by atoms with Crippen LogP contribution in [0.3, 0.4) is 0 Å². The molecule has 2 amide bonds. The number of benzene rings is 2. The van der Waals surface area contributed by atoms with Crippen LogP contribution in [0.1, 0.15) is 127 Å². The van der Waals surface area contributed by atoms with Gasteiger partial charge in [-0.2, -0.15) is 0 Å². The number of carbonyl (C=O) groups excluding carboxylic acids is 2. The number of hydrogen-bond acceptors (Lipinski definition) is 6. The molecule has 8 heteroatoms. The van der Waals surface area contributed by atoms with Crippen LogP contribution in [0.25, 0.3) is 21.5 Å². The van der Waals surface area contributed by atoms with Gasteiger partial charge in [0.05, 0.1) is 29.8 Å². The van der Waals surface area contributed by atoms with Crippen molar-refractivity contribution in [1.82, 2.24) is 20.6 Å². The van der Waals surface area contributed by atoms with E-state index < -0.39 is 0 Å². The molecule has 6 fully saturated rings. The first kappa shape index (κ1) is 39.4. The molecule has 6 aliphatic heterocycles. The first-order chi connectivity index (χ1) is 31.0. The highest BCUT2D eigenvalue weighted by Crippen LogP contribution is 2.70. The van der Waals surface area contributed by atoms with Crippen molar-refractivity contribution < 1.29 is 19.1 Å². The molecule has 2 N–H and O–H groups in total. The minimum Gasteiger partial charge on any atom is -0.359 e. The molecule has 8 heterocycles. The summed E-state index contributed by atoms with van der Waals surface area (Å²) in [6.45, 7) is 6.37. The predicted octanol–water partition coefficient (Wildman–Crippen LogP) is 10.4. The average molecular weight is 853 g/mol. The fourth-order valence-corrected chi connectivity index (χ4v) is 16.1. The van der Waals surface area contributed by atoms with E-state index in [-0.39, 0.29) is 45.0 Å². The van der Waals surface area contributed by atoms with Gasteiger partial charge in [0.1, 0.15) is 5.60 Å². The lowest BCUT2D eigenvalue weighted by molar-refractivity contribution is -0.141. The monoisotopic (exact) mass is 852 g/mol. The minimum absolute atomic E-state index is 0.144. The van der Waals surface area contributed by atoms with E-state index in [0.29, 0.717) is 43.1 Å². The van der Waals surface area contributed by atoms with E-state index in [1.165, 1.54) is 80.6 Å². The Balaban J connectivity index is 0.000000129. The topological polar surface area (TPSA) is 102 Å². The second kappa shape index (κ2) is 13.8. The van der Waals surface area contributed by atoms with Crippen LogP contribution in [-0.2, 0) is 19.1 Å². The molecule has 328 valence electrons. The minimum atomic E-state index is -0.372. The predicted molar refractivity (Wildman–Crippen MR) is 248 cm³/mol. The summed E-state index contributed by atoms with van der Waals surface area (Å²) in [6.07, 6.45) is 31.5. The van der Waals surface area contributed by atoms with Crippen molar-refractivity contribution in [1.29, 1.82) is 0 Å². The summed E-state index contributed by atoms with van der Waals surface area (Å²) in [5, 5.41) is 11.2. The Labute approximate surface area is 376 Å². The summed E-state index contributed by atoms with van der Waals surface area (Å²) in [6, 6.07) is 18.1. The van der Waals surface area contributed by atoms with Crippen molar-refractivity contribution >= 4 is 33.4 Å². The maximum absolute atomic E-state index is 12.5. The van der Waals surface area contributed by atoms with Crippen molar-refractivity contribution in [3.63, 3.8) is 0 Å². The molecule has 8 nitrogen and oxygen atoms in total. The number of rotatable bonds is 2. The first-order valence-electron chi connectivity index (χ1n) is 24.5. The van der Waals surface area contributed by atoms with Crippen LogP contribution in [0.4, 0.5) is 0 Å². The highest BCUT2D eigenvalue weighted by atomic mass is 16.5. The highest BCUT2D eigenvalue weighted by molar-refractivity contribution is 5.83. The van der Waals surface area contributed by atoms with Crippen molar-refractivity contribution in [2.75, 3.05) is 13.1 Å². The van der Waals surface area contributed by atoms with Gasteiger partial charge in [-0.1, -0.05) is 62.4 Å². The van der Waals surface area contributed by atoms with Crippen LogP contribution in [0.15, 0.2) is 120 Å². The summed E-state index contributed by atoms with van der Waals surface area (Å²) in [7, 11) is 0. The van der Waals surface area contributed by atoms with Crippen molar-refractivity contribution in [3.8, 4) is 0 Å². The average Bonchev–Trinajstić information content (AvgIpc) is 3.99. The van der Waals surface area contributed by atoms with E-state index >= 15 is 0 Å². The molecule has 14 rings (SSSR count). The summed E-state index contributed by atoms with van der Waals surface area (Å²) in [5.74, 6) is 2.36. The molecule has 10 aliphatic rings. The van der Waals surface area contributed by atoms with Crippen LogP contribution < -0.4 is 10.6 Å². The van der Waals surface area contributed by atoms with Gasteiger partial charge in [0.15, 0.2) is 0 Å². The number of allylic oxidation sites excluding steroid dienone is 2. The van der Waals surface area contributed by atoms with Gasteiger partial charge in [0.25, 0.3) is 0 Å².